The summed E-state index contributed by atoms with van der Waals surface area (Å²) < 4.78 is 11.6. The highest BCUT2D eigenvalue weighted by atomic mass is 79.9. The smallest absolute Gasteiger partial charge is 0.344 e. The largest absolute Gasteiger partial charge is 0.490 e. The molecule has 0 aliphatic heterocycles. The average Bonchev–Trinajstić information content (AvgIpc) is 2.32. The van der Waals surface area contributed by atoms with Gasteiger partial charge in [0.2, 0.25) is 0 Å². The molecular weight excluding hydrogens is 326 g/mol. The van der Waals surface area contributed by atoms with Crippen molar-refractivity contribution in [1.29, 1.82) is 0 Å². The lowest BCUT2D eigenvalue weighted by Crippen LogP contribution is -2.23. The van der Waals surface area contributed by atoms with Gasteiger partial charge in [-0.1, -0.05) is 0 Å². The molecule has 0 aliphatic carbocycles. The molecule has 112 valence electrons. The molecule has 0 fully saturated rings. The highest BCUT2D eigenvalue weighted by Gasteiger charge is 2.19. The minimum Gasteiger partial charge on any atom is -0.490 e. The van der Waals surface area contributed by atoms with Crippen molar-refractivity contribution in [3.8, 4) is 11.5 Å². The number of carboxylic acids is 1. The first-order chi connectivity index (χ1) is 9.35. The van der Waals surface area contributed by atoms with E-state index in [1.54, 1.807) is 0 Å². The number of hydrogen-bond donors (Lipinski definition) is 2. The average molecular weight is 346 g/mol. The molecule has 20 heavy (non-hydrogen) atoms. The summed E-state index contributed by atoms with van der Waals surface area (Å²) in [5.74, 6) is -0.111. The zero-order chi connectivity index (χ0) is 15.3. The van der Waals surface area contributed by atoms with Crippen LogP contribution in [0.25, 0.3) is 0 Å². The fourth-order valence-corrected chi connectivity index (χ4v) is 2.30. The molecule has 0 amide bonds. The second-order valence-corrected chi connectivity index (χ2v) is 5.47. The van der Waals surface area contributed by atoms with Gasteiger partial charge in [0.15, 0.2) is 17.6 Å². The molecule has 2 atom stereocenters. The molecule has 1 aromatic rings. The van der Waals surface area contributed by atoms with Crippen molar-refractivity contribution in [3.63, 3.8) is 0 Å². The van der Waals surface area contributed by atoms with Gasteiger partial charge in [-0.3, -0.25) is 0 Å². The van der Waals surface area contributed by atoms with E-state index in [9.17, 15) is 4.79 Å². The van der Waals surface area contributed by atoms with Crippen molar-refractivity contribution in [2.24, 2.45) is 5.73 Å². The summed E-state index contributed by atoms with van der Waals surface area (Å²) in [4.78, 5) is 10.9. The number of carboxylic acid groups (broad SMARTS) is 1. The number of hydrogen-bond acceptors (Lipinski definition) is 4. The molecule has 0 aromatic heterocycles. The molecule has 1 rings (SSSR count). The van der Waals surface area contributed by atoms with Crippen LogP contribution in [0.1, 0.15) is 26.3 Å². The van der Waals surface area contributed by atoms with Crippen LogP contribution in [-0.4, -0.2) is 29.8 Å². The van der Waals surface area contributed by atoms with E-state index in [1.165, 1.54) is 6.92 Å². The Morgan fingerprint density at radius 3 is 2.60 bits per heavy atom. The fraction of sp³-hybridized carbons (Fsp3) is 0.500. The minimum absolute atomic E-state index is 0.0288. The first-order valence-corrected chi connectivity index (χ1v) is 7.24. The fourth-order valence-electron chi connectivity index (χ4n) is 1.72. The van der Waals surface area contributed by atoms with E-state index in [1.807, 2.05) is 26.0 Å². The standard InChI is InChI=1S/C14H20BrNO4/c1-4-19-12-7-10(5-8(2)16)6-11(15)13(12)20-9(3)14(17)18/h6-9H,4-5,16H2,1-3H3,(H,17,18). The van der Waals surface area contributed by atoms with Gasteiger partial charge in [-0.05, 0) is 60.8 Å². The molecule has 0 radical (unpaired) electrons. The van der Waals surface area contributed by atoms with Gasteiger partial charge in [-0.15, -0.1) is 0 Å². The minimum atomic E-state index is -1.03. The Balaban J connectivity index is 3.11. The molecule has 0 saturated heterocycles. The summed E-state index contributed by atoms with van der Waals surface area (Å²) >= 11 is 3.40. The molecule has 5 nitrogen and oxygen atoms in total. The first-order valence-electron chi connectivity index (χ1n) is 6.45. The van der Waals surface area contributed by atoms with E-state index in [4.69, 9.17) is 20.3 Å². The Morgan fingerprint density at radius 1 is 1.45 bits per heavy atom. The lowest BCUT2D eigenvalue weighted by molar-refractivity contribution is -0.144. The van der Waals surface area contributed by atoms with Gasteiger partial charge in [-0.2, -0.15) is 0 Å². The highest BCUT2D eigenvalue weighted by Crippen LogP contribution is 2.37. The van der Waals surface area contributed by atoms with Gasteiger partial charge >= 0.3 is 5.97 Å². The van der Waals surface area contributed by atoms with E-state index in [-0.39, 0.29) is 6.04 Å². The van der Waals surface area contributed by atoms with Crippen molar-refractivity contribution >= 4 is 21.9 Å². The van der Waals surface area contributed by atoms with E-state index < -0.39 is 12.1 Å². The first kappa shape index (κ1) is 16.8. The van der Waals surface area contributed by atoms with E-state index in [2.05, 4.69) is 15.9 Å². The molecule has 0 spiro atoms. The van der Waals surface area contributed by atoms with Gasteiger partial charge in [0.05, 0.1) is 11.1 Å². The summed E-state index contributed by atoms with van der Waals surface area (Å²) in [5.41, 5.74) is 6.80. The normalized spacial score (nSPS) is 13.7. The Morgan fingerprint density at radius 2 is 2.10 bits per heavy atom. The molecule has 0 saturated carbocycles. The predicted molar refractivity (Wildman–Crippen MR) is 80.4 cm³/mol. The second kappa shape index (κ2) is 7.50. The van der Waals surface area contributed by atoms with Crippen LogP contribution in [0.2, 0.25) is 0 Å². The Bertz CT molecular complexity index is 476. The zero-order valence-electron chi connectivity index (χ0n) is 11.9. The van der Waals surface area contributed by atoms with Crippen molar-refractivity contribution in [1.82, 2.24) is 0 Å². The molecule has 1 aromatic carbocycles. The number of halogens is 1. The molecule has 6 heteroatoms. The van der Waals surface area contributed by atoms with Gasteiger partial charge in [0.25, 0.3) is 0 Å². The summed E-state index contributed by atoms with van der Waals surface area (Å²) in [5, 5.41) is 8.93. The van der Waals surface area contributed by atoms with Crippen LogP contribution >= 0.6 is 15.9 Å². The molecular formula is C14H20BrNO4. The lowest BCUT2D eigenvalue weighted by Gasteiger charge is -2.18. The topological polar surface area (TPSA) is 81.8 Å². The van der Waals surface area contributed by atoms with Gasteiger partial charge in [0.1, 0.15) is 0 Å². The Kier molecular flexibility index (Phi) is 6.29. The quantitative estimate of drug-likeness (QED) is 0.793. The number of carbonyl (C=O) groups is 1. The summed E-state index contributed by atoms with van der Waals surface area (Å²) in [6.07, 6.45) is -0.252. The van der Waals surface area contributed by atoms with Crippen LogP contribution in [0.3, 0.4) is 0 Å². The maximum Gasteiger partial charge on any atom is 0.344 e. The second-order valence-electron chi connectivity index (χ2n) is 4.62. The number of rotatable bonds is 7. The maximum absolute atomic E-state index is 10.9. The third kappa shape index (κ3) is 4.68. The maximum atomic E-state index is 10.9. The summed E-state index contributed by atoms with van der Waals surface area (Å²) in [6, 6.07) is 3.73. The van der Waals surface area contributed by atoms with E-state index >= 15 is 0 Å². The van der Waals surface area contributed by atoms with E-state index in [0.29, 0.717) is 29.0 Å². The number of aliphatic carboxylic acids is 1. The Labute approximate surface area is 127 Å². The van der Waals surface area contributed by atoms with Crippen LogP contribution in [0, 0.1) is 0 Å². The van der Waals surface area contributed by atoms with Gasteiger partial charge in [-0.25, -0.2) is 4.79 Å². The summed E-state index contributed by atoms with van der Waals surface area (Å²) in [6.45, 7) is 5.72. The van der Waals surface area contributed by atoms with Crippen LogP contribution < -0.4 is 15.2 Å². The molecule has 0 heterocycles. The molecule has 2 unspecified atom stereocenters. The third-order valence-corrected chi connectivity index (χ3v) is 3.16. The zero-order valence-corrected chi connectivity index (χ0v) is 13.4. The van der Waals surface area contributed by atoms with E-state index in [0.717, 1.165) is 5.56 Å². The molecule has 3 N–H and O–H groups in total. The molecule has 0 bridgehead atoms. The summed E-state index contributed by atoms with van der Waals surface area (Å²) in [7, 11) is 0. The third-order valence-electron chi connectivity index (χ3n) is 2.57. The van der Waals surface area contributed by atoms with Crippen LogP contribution in [0.4, 0.5) is 0 Å². The Hall–Kier alpha value is -1.27. The van der Waals surface area contributed by atoms with Crippen LogP contribution in [0.5, 0.6) is 11.5 Å². The van der Waals surface area contributed by atoms with Crippen molar-refractivity contribution < 1.29 is 19.4 Å². The number of benzene rings is 1. The van der Waals surface area contributed by atoms with Gasteiger partial charge in [0, 0.05) is 6.04 Å². The molecule has 0 aliphatic rings. The predicted octanol–water partition coefficient (Wildman–Crippen LogP) is 2.59. The van der Waals surface area contributed by atoms with Crippen molar-refractivity contribution in [2.45, 2.75) is 39.3 Å². The highest BCUT2D eigenvalue weighted by molar-refractivity contribution is 9.10. The number of nitrogens with two attached hydrogens (primary N) is 1. The van der Waals surface area contributed by atoms with Crippen LogP contribution in [-0.2, 0) is 11.2 Å². The van der Waals surface area contributed by atoms with Crippen molar-refractivity contribution in [2.75, 3.05) is 6.61 Å². The SMILES string of the molecule is CCOc1cc(CC(C)N)cc(Br)c1OC(C)C(=O)O. The lowest BCUT2D eigenvalue weighted by atomic mass is 10.1. The number of ether oxygens (including phenoxy) is 2. The van der Waals surface area contributed by atoms with Crippen LogP contribution in [0.15, 0.2) is 16.6 Å². The van der Waals surface area contributed by atoms with Crippen molar-refractivity contribution in [3.05, 3.63) is 22.2 Å². The monoisotopic (exact) mass is 345 g/mol. The van der Waals surface area contributed by atoms with Gasteiger partial charge < -0.3 is 20.3 Å².